The highest BCUT2D eigenvalue weighted by Gasteiger charge is 2.12. The van der Waals surface area contributed by atoms with Crippen molar-refractivity contribution < 1.29 is 14.5 Å². The van der Waals surface area contributed by atoms with Gasteiger partial charge in [-0.15, -0.1) is 0 Å². The standard InChI is InChI=1S/C21H19N3O5/c1-2-29-19-6-4-3-5-18(19)22-21(26)16-9-12-20(25)23(14-16)13-15-7-10-17(11-8-15)24(27)28/h3-12,14H,2,13H2,1H3,(H,22,26). The molecule has 0 fully saturated rings. The minimum Gasteiger partial charge on any atom is -0.492 e. The number of benzene rings is 2. The van der Waals surface area contributed by atoms with Crippen LogP contribution in [0.3, 0.4) is 0 Å². The highest BCUT2D eigenvalue weighted by Crippen LogP contribution is 2.24. The molecule has 0 spiro atoms. The van der Waals surface area contributed by atoms with E-state index in [1.54, 1.807) is 30.3 Å². The molecule has 0 saturated heterocycles. The first-order valence-electron chi connectivity index (χ1n) is 8.95. The Bertz CT molecular complexity index is 1090. The van der Waals surface area contributed by atoms with E-state index in [1.165, 1.54) is 35.0 Å². The lowest BCUT2D eigenvalue weighted by atomic mass is 10.2. The van der Waals surface area contributed by atoms with Gasteiger partial charge in [0.2, 0.25) is 0 Å². The number of pyridine rings is 1. The molecule has 1 heterocycles. The molecule has 0 aliphatic rings. The average Bonchev–Trinajstić information content (AvgIpc) is 2.71. The molecule has 0 saturated carbocycles. The Morgan fingerprint density at radius 1 is 1.10 bits per heavy atom. The molecule has 0 unspecified atom stereocenters. The van der Waals surface area contributed by atoms with Gasteiger partial charge in [0.15, 0.2) is 0 Å². The number of anilines is 1. The first-order chi connectivity index (χ1) is 14.0. The largest absolute Gasteiger partial charge is 0.492 e. The van der Waals surface area contributed by atoms with Crippen LogP contribution in [0.4, 0.5) is 11.4 Å². The maximum absolute atomic E-state index is 12.6. The molecule has 0 bridgehead atoms. The number of para-hydroxylation sites is 2. The third-order valence-corrected chi connectivity index (χ3v) is 4.18. The van der Waals surface area contributed by atoms with Crippen LogP contribution >= 0.6 is 0 Å². The molecule has 1 aromatic heterocycles. The van der Waals surface area contributed by atoms with E-state index in [2.05, 4.69) is 5.32 Å². The van der Waals surface area contributed by atoms with E-state index in [4.69, 9.17) is 4.74 Å². The molecule has 0 aliphatic carbocycles. The van der Waals surface area contributed by atoms with Crippen LogP contribution in [0.15, 0.2) is 71.7 Å². The van der Waals surface area contributed by atoms with E-state index in [9.17, 15) is 19.7 Å². The summed E-state index contributed by atoms with van der Waals surface area (Å²) in [5.74, 6) is 0.178. The molecule has 8 heteroatoms. The third-order valence-electron chi connectivity index (χ3n) is 4.18. The SMILES string of the molecule is CCOc1ccccc1NC(=O)c1ccc(=O)n(Cc2ccc([N+](=O)[O-])cc2)c1. The summed E-state index contributed by atoms with van der Waals surface area (Å²) in [4.78, 5) is 35.1. The Morgan fingerprint density at radius 2 is 1.83 bits per heavy atom. The summed E-state index contributed by atoms with van der Waals surface area (Å²) in [5, 5.41) is 13.5. The summed E-state index contributed by atoms with van der Waals surface area (Å²) in [5.41, 5.74) is 1.24. The van der Waals surface area contributed by atoms with Crippen LogP contribution in [0.2, 0.25) is 0 Å². The molecule has 29 heavy (non-hydrogen) atoms. The predicted molar refractivity (Wildman–Crippen MR) is 108 cm³/mol. The zero-order chi connectivity index (χ0) is 20.8. The first-order valence-corrected chi connectivity index (χ1v) is 8.95. The minimum absolute atomic E-state index is 0.0258. The molecular formula is C21H19N3O5. The van der Waals surface area contributed by atoms with E-state index in [0.717, 1.165) is 0 Å². The quantitative estimate of drug-likeness (QED) is 0.489. The van der Waals surface area contributed by atoms with Gasteiger partial charge in [-0.05, 0) is 30.7 Å². The van der Waals surface area contributed by atoms with Crippen molar-refractivity contribution in [2.24, 2.45) is 0 Å². The Morgan fingerprint density at radius 3 is 2.52 bits per heavy atom. The van der Waals surface area contributed by atoms with E-state index in [0.29, 0.717) is 29.2 Å². The van der Waals surface area contributed by atoms with Gasteiger partial charge in [0, 0.05) is 24.4 Å². The summed E-state index contributed by atoms with van der Waals surface area (Å²) in [6.45, 7) is 2.51. The van der Waals surface area contributed by atoms with Gasteiger partial charge in [-0.3, -0.25) is 19.7 Å². The maximum atomic E-state index is 12.6. The Hall–Kier alpha value is -3.94. The van der Waals surface area contributed by atoms with Crippen molar-refractivity contribution in [3.05, 3.63) is 98.5 Å². The number of nitro benzene ring substituents is 1. The van der Waals surface area contributed by atoms with E-state index in [1.807, 2.05) is 13.0 Å². The monoisotopic (exact) mass is 393 g/mol. The summed E-state index contributed by atoms with van der Waals surface area (Å²) in [6, 6.07) is 15.8. The van der Waals surface area contributed by atoms with Crippen molar-refractivity contribution in [2.45, 2.75) is 13.5 Å². The number of ether oxygens (including phenoxy) is 1. The molecule has 0 atom stereocenters. The van der Waals surface area contributed by atoms with Crippen molar-refractivity contribution in [2.75, 3.05) is 11.9 Å². The van der Waals surface area contributed by atoms with Crippen molar-refractivity contribution in [1.82, 2.24) is 4.57 Å². The van der Waals surface area contributed by atoms with Gasteiger partial charge in [-0.1, -0.05) is 24.3 Å². The Labute approximate surface area is 166 Å². The van der Waals surface area contributed by atoms with Crippen molar-refractivity contribution in [3.63, 3.8) is 0 Å². The average molecular weight is 393 g/mol. The van der Waals surface area contributed by atoms with Crippen LogP contribution in [0.1, 0.15) is 22.8 Å². The minimum atomic E-state index is -0.485. The smallest absolute Gasteiger partial charge is 0.269 e. The summed E-state index contributed by atoms with van der Waals surface area (Å²) >= 11 is 0. The summed E-state index contributed by atoms with van der Waals surface area (Å²) in [6.07, 6.45) is 1.46. The molecule has 0 aliphatic heterocycles. The number of hydrogen-bond acceptors (Lipinski definition) is 5. The van der Waals surface area contributed by atoms with Gasteiger partial charge < -0.3 is 14.6 Å². The molecule has 1 amide bonds. The fourth-order valence-corrected chi connectivity index (χ4v) is 2.75. The number of carbonyl (C=O) groups excluding carboxylic acids is 1. The molecule has 1 N–H and O–H groups in total. The van der Waals surface area contributed by atoms with Gasteiger partial charge in [-0.2, -0.15) is 0 Å². The number of nitrogens with one attached hydrogen (secondary N) is 1. The van der Waals surface area contributed by atoms with Gasteiger partial charge in [0.05, 0.1) is 29.3 Å². The van der Waals surface area contributed by atoms with Crippen LogP contribution < -0.4 is 15.6 Å². The van der Waals surface area contributed by atoms with E-state index < -0.39 is 4.92 Å². The lowest BCUT2D eigenvalue weighted by Gasteiger charge is -2.12. The summed E-state index contributed by atoms with van der Waals surface area (Å²) in [7, 11) is 0. The lowest BCUT2D eigenvalue weighted by molar-refractivity contribution is -0.384. The number of nitrogens with zero attached hydrogens (tertiary/aromatic N) is 2. The number of rotatable bonds is 7. The highest BCUT2D eigenvalue weighted by atomic mass is 16.6. The second kappa shape index (κ2) is 8.83. The number of amides is 1. The Kier molecular flexibility index (Phi) is 6.03. The fourth-order valence-electron chi connectivity index (χ4n) is 2.75. The number of nitro groups is 1. The van der Waals surface area contributed by atoms with Crippen molar-refractivity contribution >= 4 is 17.3 Å². The normalized spacial score (nSPS) is 10.4. The van der Waals surface area contributed by atoms with Crippen LogP contribution in [0.25, 0.3) is 0 Å². The first kappa shape index (κ1) is 19.8. The predicted octanol–water partition coefficient (Wildman–Crippen LogP) is 3.46. The number of hydrogen-bond donors (Lipinski definition) is 1. The molecule has 8 nitrogen and oxygen atoms in total. The van der Waals surface area contributed by atoms with Crippen molar-refractivity contribution in [3.8, 4) is 5.75 Å². The van der Waals surface area contributed by atoms with Gasteiger partial charge in [0.25, 0.3) is 17.2 Å². The van der Waals surface area contributed by atoms with Gasteiger partial charge in [0.1, 0.15) is 5.75 Å². The Balaban J connectivity index is 1.80. The topological polar surface area (TPSA) is 103 Å². The third kappa shape index (κ3) is 4.86. The molecule has 148 valence electrons. The fraction of sp³-hybridized carbons (Fsp3) is 0.143. The molecule has 2 aromatic carbocycles. The number of aromatic nitrogens is 1. The van der Waals surface area contributed by atoms with E-state index >= 15 is 0 Å². The highest BCUT2D eigenvalue weighted by molar-refractivity contribution is 6.04. The zero-order valence-corrected chi connectivity index (χ0v) is 15.7. The second-order valence-corrected chi connectivity index (χ2v) is 6.19. The summed E-state index contributed by atoms with van der Waals surface area (Å²) < 4.78 is 6.88. The molecular weight excluding hydrogens is 374 g/mol. The lowest BCUT2D eigenvalue weighted by Crippen LogP contribution is -2.22. The van der Waals surface area contributed by atoms with Crippen molar-refractivity contribution in [1.29, 1.82) is 0 Å². The number of non-ortho nitro benzene ring substituents is 1. The second-order valence-electron chi connectivity index (χ2n) is 6.19. The maximum Gasteiger partial charge on any atom is 0.269 e. The van der Waals surface area contributed by atoms with Crippen LogP contribution in [0.5, 0.6) is 5.75 Å². The number of carbonyl (C=O) groups is 1. The van der Waals surface area contributed by atoms with Crippen LogP contribution in [-0.2, 0) is 6.54 Å². The molecule has 0 radical (unpaired) electrons. The van der Waals surface area contributed by atoms with Gasteiger partial charge >= 0.3 is 0 Å². The molecule has 3 rings (SSSR count). The van der Waals surface area contributed by atoms with Gasteiger partial charge in [-0.25, -0.2) is 0 Å². The molecule has 3 aromatic rings. The van der Waals surface area contributed by atoms with E-state index in [-0.39, 0.29) is 23.7 Å². The van der Waals surface area contributed by atoms with Crippen LogP contribution in [0, 0.1) is 10.1 Å². The zero-order valence-electron chi connectivity index (χ0n) is 15.7. The van der Waals surface area contributed by atoms with Crippen LogP contribution in [-0.4, -0.2) is 22.0 Å².